The number of carboxylic acid groups (broad SMARTS) is 1. The second-order valence-corrected chi connectivity index (χ2v) is 5.46. The highest BCUT2D eigenvalue weighted by molar-refractivity contribution is 7.14. The molecule has 0 saturated heterocycles. The molecule has 1 heterocycles. The smallest absolute Gasteiger partial charge is 0.345 e. The Labute approximate surface area is 105 Å². The third-order valence-corrected chi connectivity index (χ3v) is 3.84. The van der Waals surface area contributed by atoms with E-state index in [1.54, 1.807) is 6.07 Å². The lowest BCUT2D eigenvalue weighted by Gasteiger charge is -2.06. The summed E-state index contributed by atoms with van der Waals surface area (Å²) in [5.74, 6) is -0.853. The maximum absolute atomic E-state index is 10.9. The number of hydrogen-bond donors (Lipinski definition) is 1. The molecule has 0 atom stereocenters. The van der Waals surface area contributed by atoms with Gasteiger partial charge in [-0.15, -0.1) is 11.3 Å². The van der Waals surface area contributed by atoms with Crippen LogP contribution in [0.15, 0.2) is 24.3 Å². The summed E-state index contributed by atoms with van der Waals surface area (Å²) in [5, 5.41) is 8.99. The van der Waals surface area contributed by atoms with Gasteiger partial charge in [-0.05, 0) is 43.5 Å². The molecule has 1 aromatic carbocycles. The van der Waals surface area contributed by atoms with Gasteiger partial charge in [0.1, 0.15) is 4.88 Å². The predicted molar refractivity (Wildman–Crippen MR) is 70.9 cm³/mol. The quantitative estimate of drug-likeness (QED) is 0.868. The Morgan fingerprint density at radius 3 is 2.35 bits per heavy atom. The first kappa shape index (κ1) is 11.9. The summed E-state index contributed by atoms with van der Waals surface area (Å²) in [6.45, 7) is 6.07. The summed E-state index contributed by atoms with van der Waals surface area (Å²) in [6, 6.07) is 8.00. The van der Waals surface area contributed by atoms with Gasteiger partial charge in [-0.2, -0.15) is 0 Å². The lowest BCUT2D eigenvalue weighted by Crippen LogP contribution is -1.90. The van der Waals surface area contributed by atoms with Crippen LogP contribution in [-0.4, -0.2) is 11.1 Å². The minimum atomic E-state index is -0.853. The van der Waals surface area contributed by atoms with Gasteiger partial charge in [-0.1, -0.05) is 23.8 Å². The molecule has 2 aromatic rings. The van der Waals surface area contributed by atoms with Gasteiger partial charge in [-0.3, -0.25) is 0 Å². The first-order valence-corrected chi connectivity index (χ1v) is 6.22. The van der Waals surface area contributed by atoms with Crippen molar-refractivity contribution in [2.75, 3.05) is 0 Å². The number of hydrogen-bond acceptors (Lipinski definition) is 2. The minimum absolute atomic E-state index is 0.400. The van der Waals surface area contributed by atoms with Crippen molar-refractivity contribution < 1.29 is 9.90 Å². The Morgan fingerprint density at radius 1 is 1.12 bits per heavy atom. The lowest BCUT2D eigenvalue weighted by atomic mass is 9.99. The molecule has 0 aliphatic heterocycles. The highest BCUT2D eigenvalue weighted by Gasteiger charge is 2.13. The normalized spacial score (nSPS) is 10.5. The van der Waals surface area contributed by atoms with Gasteiger partial charge in [-0.25, -0.2) is 4.79 Å². The van der Waals surface area contributed by atoms with Crippen LogP contribution in [0.2, 0.25) is 0 Å². The topological polar surface area (TPSA) is 37.3 Å². The third-order valence-electron chi connectivity index (χ3n) is 2.80. The van der Waals surface area contributed by atoms with Gasteiger partial charge in [0.15, 0.2) is 0 Å². The number of rotatable bonds is 2. The first-order valence-electron chi connectivity index (χ1n) is 5.40. The van der Waals surface area contributed by atoms with Crippen molar-refractivity contribution in [3.8, 4) is 11.1 Å². The Bertz CT molecular complexity index is 582. The monoisotopic (exact) mass is 246 g/mol. The summed E-state index contributed by atoms with van der Waals surface area (Å²) in [7, 11) is 0. The zero-order valence-corrected chi connectivity index (χ0v) is 10.9. The molecule has 0 aliphatic carbocycles. The van der Waals surface area contributed by atoms with Crippen molar-refractivity contribution in [1.82, 2.24) is 0 Å². The molecular formula is C14H14O2S. The van der Waals surface area contributed by atoms with Crippen LogP contribution in [-0.2, 0) is 0 Å². The van der Waals surface area contributed by atoms with Crippen LogP contribution in [0.1, 0.15) is 25.7 Å². The van der Waals surface area contributed by atoms with Gasteiger partial charge in [0.25, 0.3) is 0 Å². The summed E-state index contributed by atoms with van der Waals surface area (Å²) in [4.78, 5) is 12.4. The highest BCUT2D eigenvalue weighted by atomic mass is 32.1. The maximum Gasteiger partial charge on any atom is 0.345 e. The number of thiophene rings is 1. The molecule has 0 bridgehead atoms. The Morgan fingerprint density at radius 2 is 1.82 bits per heavy atom. The van der Waals surface area contributed by atoms with E-state index in [1.165, 1.54) is 22.5 Å². The minimum Gasteiger partial charge on any atom is -0.477 e. The molecule has 17 heavy (non-hydrogen) atoms. The Kier molecular flexibility index (Phi) is 3.03. The van der Waals surface area contributed by atoms with E-state index < -0.39 is 5.97 Å². The molecule has 0 spiro atoms. The van der Waals surface area contributed by atoms with E-state index in [0.29, 0.717) is 4.88 Å². The van der Waals surface area contributed by atoms with Crippen LogP contribution >= 0.6 is 11.3 Å². The van der Waals surface area contributed by atoms with Crippen LogP contribution in [0.3, 0.4) is 0 Å². The molecule has 2 nitrogen and oxygen atoms in total. The highest BCUT2D eigenvalue weighted by Crippen LogP contribution is 2.33. The summed E-state index contributed by atoms with van der Waals surface area (Å²) < 4.78 is 0. The summed E-state index contributed by atoms with van der Waals surface area (Å²) >= 11 is 1.33. The fourth-order valence-electron chi connectivity index (χ4n) is 1.97. The molecule has 0 aliphatic rings. The molecule has 0 amide bonds. The van der Waals surface area contributed by atoms with Gasteiger partial charge < -0.3 is 5.11 Å². The van der Waals surface area contributed by atoms with E-state index >= 15 is 0 Å². The molecule has 1 N–H and O–H groups in total. The van der Waals surface area contributed by atoms with Crippen LogP contribution in [0, 0.1) is 20.8 Å². The number of aromatic carboxylic acids is 1. The van der Waals surface area contributed by atoms with Crippen LogP contribution in [0.25, 0.3) is 11.1 Å². The largest absolute Gasteiger partial charge is 0.477 e. The summed E-state index contributed by atoms with van der Waals surface area (Å²) in [5.41, 5.74) is 4.56. The van der Waals surface area contributed by atoms with Crippen molar-refractivity contribution in [3.63, 3.8) is 0 Å². The average Bonchev–Trinajstić information content (AvgIpc) is 2.61. The molecule has 2 rings (SSSR count). The molecule has 0 unspecified atom stereocenters. The van der Waals surface area contributed by atoms with E-state index in [2.05, 4.69) is 32.0 Å². The predicted octanol–water partition coefficient (Wildman–Crippen LogP) is 4.04. The van der Waals surface area contributed by atoms with Crippen LogP contribution in [0.4, 0.5) is 0 Å². The maximum atomic E-state index is 10.9. The zero-order chi connectivity index (χ0) is 12.6. The van der Waals surface area contributed by atoms with Crippen LogP contribution in [0.5, 0.6) is 0 Å². The number of aryl methyl sites for hydroxylation is 3. The lowest BCUT2D eigenvalue weighted by molar-refractivity contribution is 0.0702. The summed E-state index contributed by atoms with van der Waals surface area (Å²) in [6.07, 6.45) is 0. The molecule has 0 fully saturated rings. The van der Waals surface area contributed by atoms with Gasteiger partial charge in [0.05, 0.1) is 0 Å². The molecule has 1 aromatic heterocycles. The van der Waals surface area contributed by atoms with E-state index in [0.717, 1.165) is 16.0 Å². The van der Waals surface area contributed by atoms with E-state index in [-0.39, 0.29) is 0 Å². The van der Waals surface area contributed by atoms with Crippen molar-refractivity contribution in [3.05, 3.63) is 45.1 Å². The second-order valence-electron chi connectivity index (χ2n) is 4.20. The SMILES string of the molecule is Cc1ccc(-c2cc(C(=O)O)sc2C)c(C)c1. The van der Waals surface area contributed by atoms with E-state index in [9.17, 15) is 4.79 Å². The number of carboxylic acids is 1. The Balaban J connectivity index is 2.56. The molecule has 3 heteroatoms. The number of carbonyl (C=O) groups is 1. The molecule has 88 valence electrons. The second kappa shape index (κ2) is 4.34. The van der Waals surface area contributed by atoms with Crippen molar-refractivity contribution >= 4 is 17.3 Å². The van der Waals surface area contributed by atoms with E-state index in [4.69, 9.17) is 5.11 Å². The first-order chi connectivity index (χ1) is 7.99. The van der Waals surface area contributed by atoms with Crippen molar-refractivity contribution in [2.45, 2.75) is 20.8 Å². The Hall–Kier alpha value is -1.61. The zero-order valence-electron chi connectivity index (χ0n) is 10.1. The van der Waals surface area contributed by atoms with E-state index in [1.807, 2.05) is 6.92 Å². The van der Waals surface area contributed by atoms with Gasteiger partial charge in [0.2, 0.25) is 0 Å². The number of benzene rings is 1. The average molecular weight is 246 g/mol. The third kappa shape index (κ3) is 2.24. The van der Waals surface area contributed by atoms with Crippen molar-refractivity contribution in [2.24, 2.45) is 0 Å². The molecule has 0 radical (unpaired) electrons. The van der Waals surface area contributed by atoms with Gasteiger partial charge >= 0.3 is 5.97 Å². The fourth-order valence-corrected chi connectivity index (χ4v) is 2.84. The standard InChI is InChI=1S/C14H14O2S/c1-8-4-5-11(9(2)6-8)12-7-13(14(15)16)17-10(12)3/h4-7H,1-3H3,(H,15,16). The fraction of sp³-hybridized carbons (Fsp3) is 0.214. The van der Waals surface area contributed by atoms with Gasteiger partial charge in [0, 0.05) is 4.88 Å². The van der Waals surface area contributed by atoms with Crippen LogP contribution < -0.4 is 0 Å². The molecule has 0 saturated carbocycles. The molecular weight excluding hydrogens is 232 g/mol. The van der Waals surface area contributed by atoms with Crippen molar-refractivity contribution in [1.29, 1.82) is 0 Å².